The molecule has 0 fully saturated rings. The number of carbonyl (C=O) groups is 3. The molecule has 1 atom stereocenters. The first kappa shape index (κ1) is 26.2. The van der Waals surface area contributed by atoms with Gasteiger partial charge in [0.1, 0.15) is 0 Å². The predicted octanol–water partition coefficient (Wildman–Crippen LogP) is 3.28. The molecule has 0 aliphatic carbocycles. The number of amides is 4. The van der Waals surface area contributed by atoms with Crippen LogP contribution in [0.25, 0.3) is 0 Å². The summed E-state index contributed by atoms with van der Waals surface area (Å²) in [6, 6.07) is 14.0. The van der Waals surface area contributed by atoms with E-state index in [4.69, 9.17) is 9.47 Å². The zero-order valence-corrected chi connectivity index (χ0v) is 20.7. The summed E-state index contributed by atoms with van der Waals surface area (Å²) in [5.74, 6) is -0.824. The normalized spacial score (nSPS) is 16.8. The van der Waals surface area contributed by atoms with Gasteiger partial charge in [-0.25, -0.2) is 4.79 Å². The molecule has 1 heterocycles. The molecule has 0 unspecified atom stereocenters. The molecule has 0 saturated heterocycles. The van der Waals surface area contributed by atoms with Crippen molar-refractivity contribution < 1.29 is 23.9 Å². The maximum Gasteiger partial charge on any atom is 0.315 e. The molecule has 0 bridgehead atoms. The SMILES string of the molecule is CCNC(=O)N[C@]1(CC(=O)Nc2ccc(C)cc2)C(=O)N(CC(OCC)OCC)c2ccccc21. The average Bonchev–Trinajstić information content (AvgIpc) is 3.04. The molecule has 0 saturated carbocycles. The second-order valence-electron chi connectivity index (χ2n) is 8.25. The van der Waals surface area contributed by atoms with Gasteiger partial charge in [0, 0.05) is 31.0 Å². The van der Waals surface area contributed by atoms with Crippen LogP contribution in [0.5, 0.6) is 0 Å². The van der Waals surface area contributed by atoms with Gasteiger partial charge in [0.05, 0.1) is 18.7 Å². The third-order valence-corrected chi connectivity index (χ3v) is 5.73. The van der Waals surface area contributed by atoms with Gasteiger partial charge in [0.15, 0.2) is 11.8 Å². The second kappa shape index (κ2) is 11.8. The Kier molecular flexibility index (Phi) is 8.84. The number of ether oxygens (including phenoxy) is 2. The van der Waals surface area contributed by atoms with Gasteiger partial charge in [-0.15, -0.1) is 0 Å². The molecular formula is C26H34N4O5. The number of fused-ring (bicyclic) bond motifs is 1. The molecule has 0 aromatic heterocycles. The van der Waals surface area contributed by atoms with Crippen LogP contribution in [-0.4, -0.2) is 50.4 Å². The highest BCUT2D eigenvalue weighted by Crippen LogP contribution is 2.42. The highest BCUT2D eigenvalue weighted by atomic mass is 16.7. The maximum atomic E-state index is 14.0. The first-order chi connectivity index (χ1) is 16.8. The van der Waals surface area contributed by atoms with Crippen LogP contribution in [-0.2, 0) is 24.6 Å². The number of aryl methyl sites for hydroxylation is 1. The van der Waals surface area contributed by atoms with Crippen molar-refractivity contribution in [2.75, 3.05) is 36.5 Å². The Labute approximate surface area is 206 Å². The van der Waals surface area contributed by atoms with Crippen LogP contribution in [0.4, 0.5) is 16.2 Å². The third kappa shape index (κ3) is 5.98. The van der Waals surface area contributed by atoms with E-state index in [2.05, 4.69) is 16.0 Å². The fraction of sp³-hybridized carbons (Fsp3) is 0.423. The summed E-state index contributed by atoms with van der Waals surface area (Å²) in [5, 5.41) is 8.32. The number of para-hydroxylation sites is 1. The van der Waals surface area contributed by atoms with Gasteiger partial charge >= 0.3 is 6.03 Å². The highest BCUT2D eigenvalue weighted by molar-refractivity contribution is 6.12. The van der Waals surface area contributed by atoms with Gasteiger partial charge in [-0.1, -0.05) is 35.9 Å². The number of nitrogens with zero attached hydrogens (tertiary/aromatic N) is 1. The second-order valence-corrected chi connectivity index (χ2v) is 8.25. The van der Waals surface area contributed by atoms with Crippen molar-refractivity contribution in [1.82, 2.24) is 10.6 Å². The lowest BCUT2D eigenvalue weighted by Crippen LogP contribution is -2.57. The van der Waals surface area contributed by atoms with E-state index >= 15 is 0 Å². The quantitative estimate of drug-likeness (QED) is 0.426. The maximum absolute atomic E-state index is 14.0. The van der Waals surface area contributed by atoms with Crippen molar-refractivity contribution >= 4 is 29.2 Å². The average molecular weight is 483 g/mol. The van der Waals surface area contributed by atoms with E-state index in [1.54, 1.807) is 37.3 Å². The van der Waals surface area contributed by atoms with Crippen molar-refractivity contribution in [2.24, 2.45) is 0 Å². The molecule has 0 spiro atoms. The molecule has 1 aliphatic rings. The number of hydrogen-bond donors (Lipinski definition) is 3. The van der Waals surface area contributed by atoms with E-state index in [1.165, 1.54) is 4.90 Å². The van der Waals surface area contributed by atoms with Crippen LogP contribution >= 0.6 is 0 Å². The first-order valence-electron chi connectivity index (χ1n) is 11.9. The summed E-state index contributed by atoms with van der Waals surface area (Å²) in [7, 11) is 0. The number of anilines is 2. The van der Waals surface area contributed by atoms with E-state index in [9.17, 15) is 14.4 Å². The van der Waals surface area contributed by atoms with Crippen LogP contribution < -0.4 is 20.9 Å². The summed E-state index contributed by atoms with van der Waals surface area (Å²) in [6.45, 7) is 8.75. The van der Waals surface area contributed by atoms with E-state index < -0.39 is 29.7 Å². The highest BCUT2D eigenvalue weighted by Gasteiger charge is 2.53. The molecule has 9 nitrogen and oxygen atoms in total. The number of urea groups is 1. The van der Waals surface area contributed by atoms with Crippen molar-refractivity contribution in [1.29, 1.82) is 0 Å². The zero-order valence-electron chi connectivity index (χ0n) is 20.7. The number of hydrogen-bond acceptors (Lipinski definition) is 5. The van der Waals surface area contributed by atoms with Crippen LogP contribution in [0.1, 0.15) is 38.3 Å². The minimum Gasteiger partial charge on any atom is -0.351 e. The summed E-state index contributed by atoms with van der Waals surface area (Å²) in [4.78, 5) is 41.4. The van der Waals surface area contributed by atoms with Crippen LogP contribution in [0.15, 0.2) is 48.5 Å². The van der Waals surface area contributed by atoms with Gasteiger partial charge in [-0.2, -0.15) is 0 Å². The van der Waals surface area contributed by atoms with Gasteiger partial charge in [-0.3, -0.25) is 9.59 Å². The fourth-order valence-corrected chi connectivity index (χ4v) is 4.20. The van der Waals surface area contributed by atoms with Gasteiger partial charge in [0.2, 0.25) is 5.91 Å². The molecular weight excluding hydrogens is 448 g/mol. The molecule has 35 heavy (non-hydrogen) atoms. The summed E-state index contributed by atoms with van der Waals surface area (Å²) in [5.41, 5.74) is 1.22. The van der Waals surface area contributed by atoms with Gasteiger partial charge in [-0.05, 0) is 45.9 Å². The number of benzene rings is 2. The zero-order chi connectivity index (χ0) is 25.4. The van der Waals surface area contributed by atoms with Gasteiger partial charge < -0.3 is 30.3 Å². The minimum absolute atomic E-state index is 0.121. The van der Waals surface area contributed by atoms with E-state index in [0.29, 0.717) is 36.7 Å². The molecule has 2 aromatic carbocycles. The predicted molar refractivity (Wildman–Crippen MR) is 134 cm³/mol. The van der Waals surface area contributed by atoms with Gasteiger partial charge in [0.25, 0.3) is 5.91 Å². The summed E-state index contributed by atoms with van der Waals surface area (Å²) >= 11 is 0. The molecule has 9 heteroatoms. The molecule has 1 aliphatic heterocycles. The minimum atomic E-state index is -1.59. The Hall–Kier alpha value is -3.43. The largest absolute Gasteiger partial charge is 0.351 e. The van der Waals surface area contributed by atoms with Crippen molar-refractivity contribution in [2.45, 2.75) is 45.9 Å². The smallest absolute Gasteiger partial charge is 0.315 e. The van der Waals surface area contributed by atoms with Crippen LogP contribution in [0.3, 0.4) is 0 Å². The topological polar surface area (TPSA) is 109 Å². The summed E-state index contributed by atoms with van der Waals surface area (Å²) in [6.07, 6.45) is -0.929. The Morgan fingerprint density at radius 2 is 1.66 bits per heavy atom. The van der Waals surface area contributed by atoms with Crippen LogP contribution in [0, 0.1) is 6.92 Å². The fourth-order valence-electron chi connectivity index (χ4n) is 4.20. The molecule has 3 rings (SSSR count). The van der Waals surface area contributed by atoms with Crippen molar-refractivity contribution in [3.63, 3.8) is 0 Å². The third-order valence-electron chi connectivity index (χ3n) is 5.73. The number of rotatable bonds is 11. The monoisotopic (exact) mass is 482 g/mol. The van der Waals surface area contributed by atoms with E-state index in [1.807, 2.05) is 39.0 Å². The van der Waals surface area contributed by atoms with Crippen molar-refractivity contribution in [3.05, 3.63) is 59.7 Å². The Morgan fingerprint density at radius 1 is 1.00 bits per heavy atom. The molecule has 0 radical (unpaired) electrons. The summed E-state index contributed by atoms with van der Waals surface area (Å²) < 4.78 is 11.3. The molecule has 188 valence electrons. The Balaban J connectivity index is 1.98. The first-order valence-corrected chi connectivity index (χ1v) is 11.9. The lowest BCUT2D eigenvalue weighted by Gasteiger charge is -2.30. The molecule has 4 amide bonds. The number of nitrogens with one attached hydrogen (secondary N) is 3. The standard InChI is InChI=1S/C26H34N4O5/c1-5-27-25(33)29-26(16-22(31)28-19-14-12-18(4)13-15-19)20-10-8-9-11-21(20)30(24(26)32)17-23(34-6-2)35-7-3/h8-15,23H,5-7,16-17H2,1-4H3,(H,28,31)(H2,27,29,33)/t26-/m0/s1. The Bertz CT molecular complexity index is 1040. The lowest BCUT2D eigenvalue weighted by molar-refractivity contribution is -0.138. The number of carbonyl (C=O) groups excluding carboxylic acids is 3. The van der Waals surface area contributed by atoms with E-state index in [-0.39, 0.29) is 13.0 Å². The molecule has 2 aromatic rings. The van der Waals surface area contributed by atoms with Crippen molar-refractivity contribution in [3.8, 4) is 0 Å². The Morgan fingerprint density at radius 3 is 2.29 bits per heavy atom. The molecule has 3 N–H and O–H groups in total. The van der Waals surface area contributed by atoms with E-state index in [0.717, 1.165) is 5.56 Å². The lowest BCUT2D eigenvalue weighted by atomic mass is 9.87. The van der Waals surface area contributed by atoms with Crippen LogP contribution in [0.2, 0.25) is 0 Å².